The maximum Gasteiger partial charge on any atom is 0.288 e. The number of hydrogen-bond acceptors (Lipinski definition) is 5. The summed E-state index contributed by atoms with van der Waals surface area (Å²) in [5.74, 6) is 0. The Hall–Kier alpha value is -2.73. The minimum Gasteiger partial charge on any atom is -0.399 e. The van der Waals surface area contributed by atoms with E-state index in [4.69, 9.17) is 17.3 Å². The molecule has 7 heteroatoms. The number of halogens is 1. The van der Waals surface area contributed by atoms with Crippen molar-refractivity contribution in [1.82, 2.24) is 9.97 Å². The van der Waals surface area contributed by atoms with Crippen molar-refractivity contribution in [2.75, 3.05) is 5.73 Å². The molecule has 22 heavy (non-hydrogen) atoms. The van der Waals surface area contributed by atoms with Gasteiger partial charge in [0.15, 0.2) is 0 Å². The molecule has 0 unspecified atom stereocenters. The Bertz CT molecular complexity index is 806. The predicted octanol–water partition coefficient (Wildman–Crippen LogP) is 3.77. The Labute approximate surface area is 131 Å². The number of nitrogens with zero attached hydrogens (tertiary/aromatic N) is 3. The van der Waals surface area contributed by atoms with E-state index in [1.54, 1.807) is 0 Å². The van der Waals surface area contributed by atoms with E-state index in [1.165, 1.54) is 30.2 Å². The third-order valence-corrected chi connectivity index (χ3v) is 3.11. The van der Waals surface area contributed by atoms with E-state index in [0.717, 1.165) is 5.69 Å². The number of hydrogen-bond donors (Lipinski definition) is 1. The molecule has 0 saturated heterocycles. The lowest BCUT2D eigenvalue weighted by molar-refractivity contribution is -0.384. The molecular weight excluding hydrogens is 304 g/mol. The van der Waals surface area contributed by atoms with Crippen LogP contribution < -0.4 is 5.73 Å². The average Bonchev–Trinajstić information content (AvgIpc) is 2.46. The number of nitro groups is 1. The van der Waals surface area contributed by atoms with Gasteiger partial charge in [0.1, 0.15) is 11.3 Å². The van der Waals surface area contributed by atoms with Crippen molar-refractivity contribution in [2.45, 2.75) is 6.92 Å². The van der Waals surface area contributed by atoms with Crippen molar-refractivity contribution in [3.05, 3.63) is 69.6 Å². The van der Waals surface area contributed by atoms with Gasteiger partial charge in [0.05, 0.1) is 10.4 Å². The minimum absolute atomic E-state index is 0.0844. The van der Waals surface area contributed by atoms with Gasteiger partial charge in [-0.25, -0.2) is 9.97 Å². The van der Waals surface area contributed by atoms with Crippen LogP contribution in [-0.2, 0) is 0 Å². The molecule has 0 bridgehead atoms. The fourth-order valence-electron chi connectivity index (χ4n) is 1.80. The molecule has 0 atom stereocenters. The molecule has 0 radical (unpaired) electrons. The molecule has 1 heterocycles. The first-order valence-electron chi connectivity index (χ1n) is 6.33. The van der Waals surface area contributed by atoms with Gasteiger partial charge in [-0.3, -0.25) is 10.1 Å². The van der Waals surface area contributed by atoms with Crippen LogP contribution in [0.25, 0.3) is 10.9 Å². The summed E-state index contributed by atoms with van der Waals surface area (Å²) >= 11 is 5.70. The van der Waals surface area contributed by atoms with E-state index in [9.17, 15) is 10.1 Å². The van der Waals surface area contributed by atoms with E-state index in [0.29, 0.717) is 10.9 Å². The second-order valence-corrected chi connectivity index (χ2v) is 4.96. The zero-order valence-electron chi connectivity index (χ0n) is 11.7. The van der Waals surface area contributed by atoms with Gasteiger partial charge in [-0.2, -0.15) is 0 Å². The number of nitrogen functional groups attached to an aromatic ring is 1. The van der Waals surface area contributed by atoms with E-state index in [2.05, 4.69) is 9.97 Å². The molecule has 0 saturated carbocycles. The lowest BCUT2D eigenvalue weighted by atomic mass is 10.2. The summed E-state index contributed by atoms with van der Waals surface area (Å²) in [6, 6.07) is 10.6. The molecule has 6 nitrogen and oxygen atoms in total. The monoisotopic (exact) mass is 316 g/mol. The average molecular weight is 317 g/mol. The molecule has 3 rings (SSSR count). The third kappa shape index (κ3) is 3.89. The first-order chi connectivity index (χ1) is 10.5. The number of benzene rings is 2. The highest BCUT2D eigenvalue weighted by atomic mass is 35.5. The van der Waals surface area contributed by atoms with Crippen LogP contribution >= 0.6 is 11.6 Å². The van der Waals surface area contributed by atoms with Gasteiger partial charge in [0, 0.05) is 23.3 Å². The molecule has 2 N–H and O–H groups in total. The van der Waals surface area contributed by atoms with Gasteiger partial charge < -0.3 is 5.73 Å². The van der Waals surface area contributed by atoms with Crippen molar-refractivity contribution >= 4 is 33.9 Å². The normalized spacial score (nSPS) is 9.91. The van der Waals surface area contributed by atoms with Crippen molar-refractivity contribution in [1.29, 1.82) is 0 Å². The topological polar surface area (TPSA) is 94.9 Å². The Morgan fingerprint density at radius 2 is 2.05 bits per heavy atom. The number of nitro benzene ring substituents is 1. The van der Waals surface area contributed by atoms with Crippen molar-refractivity contribution in [2.24, 2.45) is 0 Å². The molecule has 1 aromatic heterocycles. The predicted molar refractivity (Wildman–Crippen MR) is 86.8 cm³/mol. The Morgan fingerprint density at radius 1 is 1.27 bits per heavy atom. The van der Waals surface area contributed by atoms with Crippen molar-refractivity contribution in [3.8, 4) is 0 Å². The number of rotatable bonds is 1. The Morgan fingerprint density at radius 3 is 2.64 bits per heavy atom. The summed E-state index contributed by atoms with van der Waals surface area (Å²) in [5.41, 5.74) is 7.97. The van der Waals surface area contributed by atoms with Crippen LogP contribution in [0.15, 0.2) is 48.9 Å². The highest BCUT2D eigenvalue weighted by molar-refractivity contribution is 6.33. The first kappa shape index (κ1) is 15.7. The lowest BCUT2D eigenvalue weighted by Crippen LogP contribution is -1.90. The summed E-state index contributed by atoms with van der Waals surface area (Å²) in [6.07, 6.45) is 2.87. The van der Waals surface area contributed by atoms with Crippen LogP contribution in [0.5, 0.6) is 0 Å². The van der Waals surface area contributed by atoms with Crippen LogP contribution in [0.3, 0.4) is 0 Å². The second kappa shape index (κ2) is 6.82. The van der Waals surface area contributed by atoms with E-state index in [-0.39, 0.29) is 10.7 Å². The molecule has 2 aromatic carbocycles. The largest absolute Gasteiger partial charge is 0.399 e. The maximum absolute atomic E-state index is 10.5. The van der Waals surface area contributed by atoms with Gasteiger partial charge in [-0.05, 0) is 30.7 Å². The van der Waals surface area contributed by atoms with Crippen molar-refractivity contribution < 1.29 is 4.92 Å². The standard InChI is InChI=1S/C8H4ClN3O2.C7H9N/c9-6-2-7-5(3-10-4-11-7)1-8(6)12(13)14;1-6-3-2-4-7(8)5-6/h1-4H;2-5H,8H2,1H3. The second-order valence-electron chi connectivity index (χ2n) is 4.56. The van der Waals surface area contributed by atoms with Crippen LogP contribution in [0.4, 0.5) is 11.4 Å². The van der Waals surface area contributed by atoms with Gasteiger partial charge >= 0.3 is 0 Å². The van der Waals surface area contributed by atoms with Crippen molar-refractivity contribution in [3.63, 3.8) is 0 Å². The van der Waals surface area contributed by atoms with Gasteiger partial charge in [0.2, 0.25) is 0 Å². The summed E-state index contributed by atoms with van der Waals surface area (Å²) < 4.78 is 0. The fraction of sp³-hybridized carbons (Fsp3) is 0.0667. The third-order valence-electron chi connectivity index (χ3n) is 2.81. The zero-order chi connectivity index (χ0) is 16.1. The molecule has 0 aliphatic rings. The van der Waals surface area contributed by atoms with Crippen LogP contribution in [0.2, 0.25) is 5.02 Å². The van der Waals surface area contributed by atoms with Gasteiger partial charge in [-0.1, -0.05) is 23.7 Å². The number of aryl methyl sites for hydroxylation is 1. The van der Waals surface area contributed by atoms with E-state index < -0.39 is 4.92 Å². The Kier molecular flexibility index (Phi) is 4.85. The zero-order valence-corrected chi connectivity index (χ0v) is 12.5. The van der Waals surface area contributed by atoms with Crippen LogP contribution in [0.1, 0.15) is 5.56 Å². The molecule has 0 aliphatic carbocycles. The summed E-state index contributed by atoms with van der Waals surface area (Å²) in [5, 5.41) is 11.2. The molecule has 112 valence electrons. The smallest absolute Gasteiger partial charge is 0.288 e. The van der Waals surface area contributed by atoms with Gasteiger partial charge in [-0.15, -0.1) is 0 Å². The lowest BCUT2D eigenvalue weighted by Gasteiger charge is -1.97. The number of fused-ring (bicyclic) bond motifs is 1. The quantitative estimate of drug-likeness (QED) is 0.419. The molecule has 3 aromatic rings. The fourth-order valence-corrected chi connectivity index (χ4v) is 2.03. The molecular formula is C15H13ClN4O2. The molecule has 0 aliphatic heterocycles. The SMILES string of the molecule is Cc1cccc(N)c1.O=[N+]([O-])c1cc2cncnc2cc1Cl. The molecule has 0 fully saturated rings. The first-order valence-corrected chi connectivity index (χ1v) is 6.71. The molecule has 0 spiro atoms. The van der Waals surface area contributed by atoms with E-state index in [1.807, 2.05) is 31.2 Å². The van der Waals surface area contributed by atoms with Crippen LogP contribution in [-0.4, -0.2) is 14.9 Å². The van der Waals surface area contributed by atoms with Crippen LogP contribution in [0, 0.1) is 17.0 Å². The molecule has 0 amide bonds. The minimum atomic E-state index is -0.533. The summed E-state index contributed by atoms with van der Waals surface area (Å²) in [4.78, 5) is 17.7. The Balaban J connectivity index is 0.000000188. The highest BCUT2D eigenvalue weighted by Crippen LogP contribution is 2.28. The summed E-state index contributed by atoms with van der Waals surface area (Å²) in [7, 11) is 0. The summed E-state index contributed by atoms with van der Waals surface area (Å²) in [6.45, 7) is 2.02. The number of aromatic nitrogens is 2. The maximum atomic E-state index is 10.5. The van der Waals surface area contributed by atoms with Gasteiger partial charge in [0.25, 0.3) is 5.69 Å². The number of nitrogens with two attached hydrogens (primary N) is 1. The van der Waals surface area contributed by atoms with E-state index >= 15 is 0 Å². The number of anilines is 1. The highest BCUT2D eigenvalue weighted by Gasteiger charge is 2.13.